The zero-order valence-electron chi connectivity index (χ0n) is 16.9. The van der Waals surface area contributed by atoms with Gasteiger partial charge in [0.05, 0.1) is 18.7 Å². The summed E-state index contributed by atoms with van der Waals surface area (Å²) in [6.07, 6.45) is -0.247. The number of ether oxygens (including phenoxy) is 1. The van der Waals surface area contributed by atoms with Crippen LogP contribution in [0.5, 0.6) is 0 Å². The van der Waals surface area contributed by atoms with Crippen LogP contribution in [0, 0.1) is 6.92 Å². The lowest BCUT2D eigenvalue weighted by Gasteiger charge is -2.35. The van der Waals surface area contributed by atoms with Crippen molar-refractivity contribution in [3.63, 3.8) is 0 Å². The lowest BCUT2D eigenvalue weighted by atomic mass is 10.1. The number of piperazine rings is 1. The number of benzene rings is 1. The molecule has 0 spiro atoms. The third kappa shape index (κ3) is 4.72. The number of carbonyl (C=O) groups excluding carboxylic acids is 1. The summed E-state index contributed by atoms with van der Waals surface area (Å²) in [6.45, 7) is 9.63. The molecule has 1 amide bonds. The number of hydrogen-bond acceptors (Lipinski definition) is 6. The molecule has 1 fully saturated rings. The van der Waals surface area contributed by atoms with E-state index >= 15 is 0 Å². The van der Waals surface area contributed by atoms with Gasteiger partial charge in [0.15, 0.2) is 0 Å². The fraction of sp³-hybridized carbons (Fsp3) is 0.524. The van der Waals surface area contributed by atoms with Crippen LogP contribution in [0.2, 0.25) is 0 Å². The minimum atomic E-state index is -0.247. The van der Waals surface area contributed by atoms with Gasteiger partial charge in [0.1, 0.15) is 5.82 Å². The molecule has 1 atom stereocenters. The van der Waals surface area contributed by atoms with E-state index < -0.39 is 0 Å². The van der Waals surface area contributed by atoms with Gasteiger partial charge in [0, 0.05) is 49.7 Å². The lowest BCUT2D eigenvalue weighted by molar-refractivity contribution is 0.105. The maximum absolute atomic E-state index is 12.0. The van der Waals surface area contributed by atoms with Crippen molar-refractivity contribution >= 4 is 22.8 Å². The van der Waals surface area contributed by atoms with E-state index in [1.54, 1.807) is 4.90 Å². The summed E-state index contributed by atoms with van der Waals surface area (Å²) in [6, 6.07) is 8.46. The summed E-state index contributed by atoms with van der Waals surface area (Å²) >= 11 is 0. The Balaban J connectivity index is 1.84. The van der Waals surface area contributed by atoms with E-state index in [4.69, 9.17) is 9.72 Å². The number of fused-ring (bicyclic) bond motifs is 1. The van der Waals surface area contributed by atoms with E-state index in [0.29, 0.717) is 39.3 Å². The molecule has 3 rings (SSSR count). The lowest BCUT2D eigenvalue weighted by Crippen LogP contribution is -2.49. The molecule has 2 aromatic rings. The third-order valence-corrected chi connectivity index (χ3v) is 5.05. The second kappa shape index (κ2) is 9.21. The number of rotatable bonds is 6. The Hall–Kier alpha value is -2.38. The highest BCUT2D eigenvalue weighted by molar-refractivity contribution is 5.82. The second-order valence-electron chi connectivity index (χ2n) is 7.30. The molecule has 0 bridgehead atoms. The number of anilines is 1. The molecule has 2 heterocycles. The number of aliphatic hydroxyl groups is 1. The van der Waals surface area contributed by atoms with E-state index in [9.17, 15) is 9.90 Å². The van der Waals surface area contributed by atoms with Crippen molar-refractivity contribution in [1.29, 1.82) is 0 Å². The Kier molecular flexibility index (Phi) is 6.70. The molecule has 1 aromatic heterocycles. The zero-order chi connectivity index (χ0) is 20.1. The summed E-state index contributed by atoms with van der Waals surface area (Å²) in [5.74, 6) is 0.942. The Labute approximate surface area is 166 Å². The molecule has 2 N–H and O–H groups in total. The Morgan fingerprint density at radius 1 is 1.29 bits per heavy atom. The van der Waals surface area contributed by atoms with Crippen molar-refractivity contribution in [2.24, 2.45) is 0 Å². The van der Waals surface area contributed by atoms with Crippen LogP contribution < -0.4 is 10.2 Å². The van der Waals surface area contributed by atoms with Gasteiger partial charge in [0.25, 0.3) is 0 Å². The number of pyridine rings is 1. The van der Waals surface area contributed by atoms with Crippen LogP contribution in [0.25, 0.3) is 10.9 Å². The van der Waals surface area contributed by atoms with E-state index in [-0.39, 0.29) is 18.7 Å². The molecular formula is C21H30N4O3. The van der Waals surface area contributed by atoms with E-state index in [1.807, 2.05) is 13.8 Å². The van der Waals surface area contributed by atoms with Crippen LogP contribution in [0.4, 0.5) is 10.6 Å². The number of amides is 1. The summed E-state index contributed by atoms with van der Waals surface area (Å²) in [7, 11) is 0. The molecule has 0 aliphatic carbocycles. The second-order valence-corrected chi connectivity index (χ2v) is 7.30. The highest BCUT2D eigenvalue weighted by Gasteiger charge is 2.24. The summed E-state index contributed by atoms with van der Waals surface area (Å²) in [5.41, 5.74) is 3.27. The van der Waals surface area contributed by atoms with Gasteiger partial charge in [-0.15, -0.1) is 0 Å². The SMILES string of the molecule is CCOC(=O)N1CCN(c2nc3ccc(C)cc3cc2CNC(C)CO)CC1. The molecular weight excluding hydrogens is 356 g/mol. The number of aliphatic hydroxyl groups excluding tert-OH is 1. The highest BCUT2D eigenvalue weighted by Crippen LogP contribution is 2.26. The van der Waals surface area contributed by atoms with Crippen molar-refractivity contribution in [3.8, 4) is 0 Å². The average molecular weight is 386 g/mol. The summed E-state index contributed by atoms with van der Waals surface area (Å²) < 4.78 is 5.11. The summed E-state index contributed by atoms with van der Waals surface area (Å²) in [5, 5.41) is 13.8. The third-order valence-electron chi connectivity index (χ3n) is 5.05. The zero-order valence-corrected chi connectivity index (χ0v) is 16.9. The molecule has 152 valence electrons. The molecule has 1 aromatic carbocycles. The molecule has 28 heavy (non-hydrogen) atoms. The number of aryl methyl sites for hydroxylation is 1. The predicted molar refractivity (Wildman–Crippen MR) is 111 cm³/mol. The van der Waals surface area contributed by atoms with Gasteiger partial charge in [-0.3, -0.25) is 0 Å². The number of carbonyl (C=O) groups is 1. The van der Waals surface area contributed by atoms with Crippen LogP contribution in [-0.4, -0.2) is 66.5 Å². The maximum Gasteiger partial charge on any atom is 0.409 e. The number of aromatic nitrogens is 1. The quantitative estimate of drug-likeness (QED) is 0.793. The van der Waals surface area contributed by atoms with Gasteiger partial charge in [-0.1, -0.05) is 11.6 Å². The van der Waals surface area contributed by atoms with Crippen molar-refractivity contribution in [1.82, 2.24) is 15.2 Å². The van der Waals surface area contributed by atoms with Crippen LogP contribution in [0.3, 0.4) is 0 Å². The number of nitrogens with one attached hydrogen (secondary N) is 1. The largest absolute Gasteiger partial charge is 0.450 e. The molecule has 1 aliphatic heterocycles. The van der Waals surface area contributed by atoms with Gasteiger partial charge in [-0.2, -0.15) is 0 Å². The van der Waals surface area contributed by atoms with Gasteiger partial charge in [-0.25, -0.2) is 9.78 Å². The summed E-state index contributed by atoms with van der Waals surface area (Å²) in [4.78, 5) is 20.9. The van der Waals surface area contributed by atoms with Gasteiger partial charge >= 0.3 is 6.09 Å². The standard InChI is InChI=1S/C21H30N4O3/c1-4-28-21(27)25-9-7-24(8-10-25)20-18(13-22-16(3)14-26)12-17-11-15(2)5-6-19(17)23-20/h5-6,11-12,16,22,26H,4,7-10,13-14H2,1-3H3. The average Bonchev–Trinajstić information content (AvgIpc) is 2.71. The minimum absolute atomic E-state index is 0.0155. The smallest absolute Gasteiger partial charge is 0.409 e. The Bertz CT molecular complexity index is 819. The topological polar surface area (TPSA) is 77.9 Å². The van der Waals surface area contributed by atoms with Gasteiger partial charge < -0.3 is 25.0 Å². The van der Waals surface area contributed by atoms with E-state index in [1.165, 1.54) is 5.56 Å². The molecule has 7 nitrogen and oxygen atoms in total. The fourth-order valence-electron chi connectivity index (χ4n) is 3.40. The first-order valence-electron chi connectivity index (χ1n) is 9.93. The van der Waals surface area contributed by atoms with E-state index in [0.717, 1.165) is 22.3 Å². The van der Waals surface area contributed by atoms with Crippen LogP contribution in [0.1, 0.15) is 25.0 Å². The Morgan fingerprint density at radius 2 is 2.04 bits per heavy atom. The predicted octanol–water partition coefficient (Wildman–Crippen LogP) is 2.29. The molecule has 1 aliphatic rings. The number of hydrogen-bond donors (Lipinski definition) is 2. The molecule has 7 heteroatoms. The van der Waals surface area contributed by atoms with Crippen LogP contribution >= 0.6 is 0 Å². The fourth-order valence-corrected chi connectivity index (χ4v) is 3.40. The normalized spacial score (nSPS) is 15.7. The van der Waals surface area contributed by atoms with E-state index in [2.05, 4.69) is 41.4 Å². The van der Waals surface area contributed by atoms with Gasteiger partial charge in [-0.05, 0) is 39.0 Å². The first kappa shape index (κ1) is 20.4. The van der Waals surface area contributed by atoms with Gasteiger partial charge in [0.2, 0.25) is 0 Å². The maximum atomic E-state index is 12.0. The van der Waals surface area contributed by atoms with Crippen LogP contribution in [0.15, 0.2) is 24.3 Å². The molecule has 1 unspecified atom stereocenters. The number of nitrogens with zero attached hydrogens (tertiary/aromatic N) is 3. The molecule has 0 saturated carbocycles. The first-order valence-corrected chi connectivity index (χ1v) is 9.93. The highest BCUT2D eigenvalue weighted by atomic mass is 16.6. The van der Waals surface area contributed by atoms with Crippen molar-refractivity contribution in [3.05, 3.63) is 35.4 Å². The Morgan fingerprint density at radius 3 is 2.71 bits per heavy atom. The minimum Gasteiger partial charge on any atom is -0.450 e. The van der Waals surface area contributed by atoms with Crippen molar-refractivity contribution < 1.29 is 14.6 Å². The molecule has 1 saturated heterocycles. The van der Waals surface area contributed by atoms with Crippen LogP contribution in [-0.2, 0) is 11.3 Å². The molecule has 0 radical (unpaired) electrons. The first-order chi connectivity index (χ1) is 13.5. The monoisotopic (exact) mass is 386 g/mol. The van der Waals surface area contributed by atoms with Crippen molar-refractivity contribution in [2.45, 2.75) is 33.4 Å². The van der Waals surface area contributed by atoms with Crippen molar-refractivity contribution in [2.75, 3.05) is 44.3 Å².